The van der Waals surface area contributed by atoms with Gasteiger partial charge in [-0.15, -0.1) is 0 Å². The Morgan fingerprint density at radius 3 is 2.50 bits per heavy atom. The smallest absolute Gasteiger partial charge is 0.141 e. The maximum Gasteiger partial charge on any atom is 0.141 e. The maximum atomic E-state index is 13.6. The van der Waals surface area contributed by atoms with Gasteiger partial charge < -0.3 is 9.84 Å². The highest BCUT2D eigenvalue weighted by molar-refractivity contribution is 6.32. The van der Waals surface area contributed by atoms with E-state index < -0.39 is 5.41 Å². The summed E-state index contributed by atoms with van der Waals surface area (Å²) in [5.74, 6) is 0.0435. The van der Waals surface area contributed by atoms with E-state index in [-0.39, 0.29) is 17.4 Å². The molecule has 2 nitrogen and oxygen atoms in total. The summed E-state index contributed by atoms with van der Waals surface area (Å²) in [6, 6.07) is 1.23. The van der Waals surface area contributed by atoms with Gasteiger partial charge in [-0.1, -0.05) is 25.4 Å². The van der Waals surface area contributed by atoms with Crippen molar-refractivity contribution in [3.8, 4) is 5.75 Å². The monoisotopic (exact) mass is 246 g/mol. The van der Waals surface area contributed by atoms with Crippen molar-refractivity contribution >= 4 is 11.6 Å². The van der Waals surface area contributed by atoms with E-state index in [9.17, 15) is 9.50 Å². The minimum absolute atomic E-state index is 0.107. The minimum Gasteiger partial charge on any atom is -0.495 e. The normalized spacial score (nSPS) is 11.7. The lowest BCUT2D eigenvalue weighted by Gasteiger charge is -2.27. The number of ether oxygens (including phenoxy) is 1. The highest BCUT2D eigenvalue weighted by atomic mass is 35.5. The van der Waals surface area contributed by atoms with E-state index in [4.69, 9.17) is 16.3 Å². The number of halogens is 2. The van der Waals surface area contributed by atoms with Crippen LogP contribution in [0.25, 0.3) is 0 Å². The molecule has 0 amide bonds. The average Bonchev–Trinajstić information content (AvgIpc) is 2.22. The van der Waals surface area contributed by atoms with Gasteiger partial charge >= 0.3 is 0 Å². The van der Waals surface area contributed by atoms with Gasteiger partial charge in [0.05, 0.1) is 18.7 Å². The molecule has 0 bridgehead atoms. The molecule has 0 atom stereocenters. The van der Waals surface area contributed by atoms with Crippen molar-refractivity contribution in [2.75, 3.05) is 13.7 Å². The van der Waals surface area contributed by atoms with Crippen molar-refractivity contribution in [3.63, 3.8) is 0 Å². The van der Waals surface area contributed by atoms with Gasteiger partial charge in [-0.25, -0.2) is 4.39 Å². The van der Waals surface area contributed by atoms with Gasteiger partial charge in [0, 0.05) is 11.0 Å². The van der Waals surface area contributed by atoms with E-state index in [2.05, 4.69) is 0 Å². The fourth-order valence-corrected chi connectivity index (χ4v) is 2.06. The van der Waals surface area contributed by atoms with E-state index >= 15 is 0 Å². The molecule has 0 aromatic heterocycles. The van der Waals surface area contributed by atoms with Crippen molar-refractivity contribution in [3.05, 3.63) is 28.0 Å². The average molecular weight is 247 g/mol. The number of hydrogen-bond donors (Lipinski definition) is 1. The van der Waals surface area contributed by atoms with Crippen LogP contribution >= 0.6 is 11.6 Å². The highest BCUT2D eigenvalue weighted by Gasteiger charge is 2.29. The van der Waals surface area contributed by atoms with Crippen molar-refractivity contribution < 1.29 is 14.2 Å². The highest BCUT2D eigenvalue weighted by Crippen LogP contribution is 2.40. The standard InChI is InChI=1S/C12H16ClFO2/c1-7-9(14)5-8(13)11(16-4)10(7)12(2,3)6-15/h5,15H,6H2,1-4H3. The topological polar surface area (TPSA) is 29.5 Å². The van der Waals surface area contributed by atoms with E-state index in [1.165, 1.54) is 13.2 Å². The second kappa shape index (κ2) is 4.60. The van der Waals surface area contributed by atoms with Crippen LogP contribution in [0.15, 0.2) is 6.07 Å². The summed E-state index contributed by atoms with van der Waals surface area (Å²) in [5.41, 5.74) is 0.476. The van der Waals surface area contributed by atoms with Crippen molar-refractivity contribution in [2.45, 2.75) is 26.2 Å². The summed E-state index contributed by atoms with van der Waals surface area (Å²) in [6.07, 6.45) is 0. The fraction of sp³-hybridized carbons (Fsp3) is 0.500. The SMILES string of the molecule is COc1c(Cl)cc(F)c(C)c1C(C)(C)CO. The van der Waals surface area contributed by atoms with Crippen LogP contribution in [0.5, 0.6) is 5.75 Å². The molecule has 1 aromatic rings. The molecule has 0 saturated heterocycles. The lowest BCUT2D eigenvalue weighted by atomic mass is 9.82. The van der Waals surface area contributed by atoms with Crippen molar-refractivity contribution in [1.82, 2.24) is 0 Å². The zero-order chi connectivity index (χ0) is 12.5. The maximum absolute atomic E-state index is 13.6. The fourth-order valence-electron chi connectivity index (χ4n) is 1.79. The quantitative estimate of drug-likeness (QED) is 0.888. The number of rotatable bonds is 3. The van der Waals surface area contributed by atoms with Crippen LogP contribution < -0.4 is 4.74 Å². The van der Waals surface area contributed by atoms with Gasteiger partial charge in [0.2, 0.25) is 0 Å². The molecule has 0 radical (unpaired) electrons. The van der Waals surface area contributed by atoms with Crippen LogP contribution in [0.1, 0.15) is 25.0 Å². The Kier molecular flexibility index (Phi) is 3.81. The first-order chi connectivity index (χ1) is 7.35. The summed E-state index contributed by atoms with van der Waals surface area (Å²) in [4.78, 5) is 0. The molecule has 0 aliphatic carbocycles. The first-order valence-electron chi connectivity index (χ1n) is 4.99. The van der Waals surface area contributed by atoms with Crippen LogP contribution in [0.2, 0.25) is 5.02 Å². The third-order valence-electron chi connectivity index (χ3n) is 2.71. The van der Waals surface area contributed by atoms with Gasteiger partial charge in [-0.05, 0) is 18.6 Å². The number of hydrogen-bond acceptors (Lipinski definition) is 2. The van der Waals surface area contributed by atoms with Gasteiger partial charge in [0.15, 0.2) is 0 Å². The Bertz CT molecular complexity index is 402. The Labute approximate surface area is 100.0 Å². The Hall–Kier alpha value is -0.800. The molecule has 0 heterocycles. The molecule has 1 aromatic carbocycles. The summed E-state index contributed by atoms with van der Waals surface area (Å²) in [7, 11) is 1.48. The molecule has 4 heteroatoms. The Balaban J connectivity index is 3.57. The molecular weight excluding hydrogens is 231 g/mol. The van der Waals surface area contributed by atoms with E-state index in [1.807, 2.05) is 13.8 Å². The number of aliphatic hydroxyl groups is 1. The van der Waals surface area contributed by atoms with Gasteiger partial charge in [-0.2, -0.15) is 0 Å². The molecule has 0 fully saturated rings. The van der Waals surface area contributed by atoms with Crippen LogP contribution in [0, 0.1) is 12.7 Å². The molecule has 16 heavy (non-hydrogen) atoms. The Morgan fingerprint density at radius 2 is 2.06 bits per heavy atom. The first-order valence-corrected chi connectivity index (χ1v) is 5.37. The molecule has 0 spiro atoms. The van der Waals surface area contributed by atoms with E-state index in [0.29, 0.717) is 16.9 Å². The zero-order valence-electron chi connectivity index (χ0n) is 9.90. The van der Waals surface area contributed by atoms with Crippen LogP contribution in [0.4, 0.5) is 4.39 Å². The molecule has 0 aliphatic rings. The predicted octanol–water partition coefficient (Wildman–Crippen LogP) is 3.07. The third kappa shape index (κ3) is 2.15. The molecule has 0 unspecified atom stereocenters. The van der Waals surface area contributed by atoms with Crippen LogP contribution in [-0.2, 0) is 5.41 Å². The molecule has 0 aliphatic heterocycles. The zero-order valence-corrected chi connectivity index (χ0v) is 10.7. The second-order valence-electron chi connectivity index (χ2n) is 4.42. The van der Waals surface area contributed by atoms with E-state index in [1.54, 1.807) is 6.92 Å². The lowest BCUT2D eigenvalue weighted by Crippen LogP contribution is -2.25. The first kappa shape index (κ1) is 13.3. The summed E-state index contributed by atoms with van der Waals surface area (Å²) in [5, 5.41) is 9.58. The lowest BCUT2D eigenvalue weighted by molar-refractivity contribution is 0.214. The minimum atomic E-state index is -0.596. The van der Waals surface area contributed by atoms with E-state index in [0.717, 1.165) is 0 Å². The number of methoxy groups -OCH3 is 1. The van der Waals surface area contributed by atoms with Gasteiger partial charge in [0.25, 0.3) is 0 Å². The third-order valence-corrected chi connectivity index (χ3v) is 2.99. The summed E-state index contributed by atoms with van der Waals surface area (Å²) < 4.78 is 18.8. The Morgan fingerprint density at radius 1 is 1.50 bits per heavy atom. The van der Waals surface area contributed by atoms with Crippen LogP contribution in [0.3, 0.4) is 0 Å². The van der Waals surface area contributed by atoms with Crippen molar-refractivity contribution in [1.29, 1.82) is 0 Å². The van der Waals surface area contributed by atoms with Crippen LogP contribution in [-0.4, -0.2) is 18.8 Å². The number of benzene rings is 1. The van der Waals surface area contributed by atoms with Gasteiger partial charge in [-0.3, -0.25) is 0 Å². The summed E-state index contributed by atoms with van der Waals surface area (Å²) >= 11 is 5.92. The second-order valence-corrected chi connectivity index (χ2v) is 4.82. The molecular formula is C12H16ClFO2. The molecule has 1 N–H and O–H groups in total. The molecule has 0 saturated carbocycles. The van der Waals surface area contributed by atoms with Crippen molar-refractivity contribution in [2.24, 2.45) is 0 Å². The summed E-state index contributed by atoms with van der Waals surface area (Å²) in [6.45, 7) is 5.17. The number of aliphatic hydroxyl groups excluding tert-OH is 1. The molecule has 90 valence electrons. The largest absolute Gasteiger partial charge is 0.495 e. The molecule has 1 rings (SSSR count). The predicted molar refractivity (Wildman–Crippen MR) is 62.8 cm³/mol. The van der Waals surface area contributed by atoms with Gasteiger partial charge in [0.1, 0.15) is 11.6 Å².